The molecule has 3 aromatic rings. The fourth-order valence-corrected chi connectivity index (χ4v) is 4.37. The molecular weight excluding hydrogens is 496 g/mol. The smallest absolute Gasteiger partial charge is 0.293 e. The molecule has 10 heteroatoms. The highest BCUT2D eigenvalue weighted by atomic mass is 32.2. The number of thioether (sulfide) groups is 1. The van der Waals surface area contributed by atoms with Crippen LogP contribution in [0.5, 0.6) is 17.2 Å². The van der Waals surface area contributed by atoms with Crippen LogP contribution in [0.1, 0.15) is 16.7 Å². The zero-order valence-corrected chi connectivity index (χ0v) is 21.0. The van der Waals surface area contributed by atoms with Gasteiger partial charge in [-0.05, 0) is 72.3 Å². The van der Waals surface area contributed by atoms with E-state index in [9.17, 15) is 19.7 Å². The molecule has 3 aromatic carbocycles. The predicted octanol–water partition coefficient (Wildman–Crippen LogP) is 5.61. The van der Waals surface area contributed by atoms with Crippen molar-refractivity contribution in [2.24, 2.45) is 0 Å². The molecule has 37 heavy (non-hydrogen) atoms. The highest BCUT2D eigenvalue weighted by Gasteiger charge is 2.34. The number of hydrogen-bond acceptors (Lipinski definition) is 8. The first-order valence-corrected chi connectivity index (χ1v) is 12.1. The topological polar surface area (TPSA) is 108 Å². The van der Waals surface area contributed by atoms with Gasteiger partial charge in [0.05, 0.1) is 23.5 Å². The van der Waals surface area contributed by atoms with Gasteiger partial charge in [0, 0.05) is 12.1 Å². The van der Waals surface area contributed by atoms with Gasteiger partial charge in [0.2, 0.25) is 0 Å². The standard InChI is InChI=1S/C27H24N2O7S/c1-18-3-10-22(11-4-18)35-14-13-28-26(30)25(37-27(28)31)16-20-7-12-23(24(15-20)34-2)36-17-19-5-8-21(9-6-19)29(32)33/h3-12,15-16H,13-14,17H2,1-2H3/b25-16-. The fraction of sp³-hybridized carbons (Fsp3) is 0.185. The molecule has 0 N–H and O–H groups in total. The van der Waals surface area contributed by atoms with Crippen molar-refractivity contribution < 1.29 is 28.7 Å². The van der Waals surface area contributed by atoms with Crippen LogP contribution in [0.3, 0.4) is 0 Å². The number of hydrogen-bond donors (Lipinski definition) is 0. The minimum atomic E-state index is -0.458. The van der Waals surface area contributed by atoms with Gasteiger partial charge in [-0.15, -0.1) is 0 Å². The summed E-state index contributed by atoms with van der Waals surface area (Å²) >= 11 is 0.876. The minimum Gasteiger partial charge on any atom is -0.493 e. The number of benzene rings is 3. The molecule has 0 aliphatic carbocycles. The zero-order valence-electron chi connectivity index (χ0n) is 20.2. The highest BCUT2D eigenvalue weighted by Crippen LogP contribution is 2.34. The van der Waals surface area contributed by atoms with Crippen molar-refractivity contribution in [3.8, 4) is 17.2 Å². The number of nitro groups is 1. The van der Waals surface area contributed by atoms with E-state index >= 15 is 0 Å². The Bertz CT molecular complexity index is 1340. The number of amides is 2. The lowest BCUT2D eigenvalue weighted by atomic mass is 10.1. The Morgan fingerprint density at radius 3 is 2.38 bits per heavy atom. The van der Waals surface area contributed by atoms with E-state index in [1.165, 1.54) is 24.1 Å². The molecule has 1 aliphatic rings. The van der Waals surface area contributed by atoms with Crippen LogP contribution in [-0.4, -0.2) is 41.2 Å². The number of non-ortho nitro benzene ring substituents is 1. The summed E-state index contributed by atoms with van der Waals surface area (Å²) in [6.45, 7) is 2.52. The third-order valence-electron chi connectivity index (χ3n) is 5.51. The molecule has 0 spiro atoms. The maximum atomic E-state index is 12.8. The third-order valence-corrected chi connectivity index (χ3v) is 6.41. The second kappa shape index (κ2) is 11.6. The number of nitro benzene ring substituents is 1. The van der Waals surface area contributed by atoms with Crippen LogP contribution in [0.15, 0.2) is 71.6 Å². The van der Waals surface area contributed by atoms with Crippen LogP contribution in [0, 0.1) is 17.0 Å². The van der Waals surface area contributed by atoms with E-state index in [2.05, 4.69) is 0 Å². The maximum Gasteiger partial charge on any atom is 0.293 e. The Balaban J connectivity index is 1.38. The number of carbonyl (C=O) groups excluding carboxylic acids is 2. The second-order valence-electron chi connectivity index (χ2n) is 8.12. The lowest BCUT2D eigenvalue weighted by Crippen LogP contribution is -2.32. The van der Waals surface area contributed by atoms with E-state index in [1.807, 2.05) is 31.2 Å². The summed E-state index contributed by atoms with van der Waals surface area (Å²) in [6, 6.07) is 18.8. The molecule has 1 saturated heterocycles. The summed E-state index contributed by atoms with van der Waals surface area (Å²) in [6.07, 6.45) is 1.63. The summed E-state index contributed by atoms with van der Waals surface area (Å²) < 4.78 is 16.9. The van der Waals surface area contributed by atoms with Crippen LogP contribution in [0.25, 0.3) is 6.08 Å². The summed E-state index contributed by atoms with van der Waals surface area (Å²) in [4.78, 5) is 37.1. The van der Waals surface area contributed by atoms with Gasteiger partial charge < -0.3 is 14.2 Å². The number of carbonyl (C=O) groups is 2. The quantitative estimate of drug-likeness (QED) is 0.193. The first kappa shape index (κ1) is 25.8. The lowest BCUT2D eigenvalue weighted by Gasteiger charge is -2.13. The van der Waals surface area contributed by atoms with Gasteiger partial charge in [0.1, 0.15) is 19.0 Å². The van der Waals surface area contributed by atoms with Crippen molar-refractivity contribution in [3.05, 3.63) is 98.4 Å². The molecule has 0 aromatic heterocycles. The molecule has 190 valence electrons. The average Bonchev–Trinajstić information content (AvgIpc) is 3.16. The Labute approximate surface area is 217 Å². The summed E-state index contributed by atoms with van der Waals surface area (Å²) in [5, 5.41) is 10.5. The van der Waals surface area contributed by atoms with Crippen molar-refractivity contribution >= 4 is 34.7 Å². The molecule has 9 nitrogen and oxygen atoms in total. The van der Waals surface area contributed by atoms with E-state index in [-0.39, 0.29) is 36.6 Å². The maximum absolute atomic E-state index is 12.8. The van der Waals surface area contributed by atoms with Crippen molar-refractivity contribution in [2.45, 2.75) is 13.5 Å². The molecule has 0 atom stereocenters. The van der Waals surface area contributed by atoms with Gasteiger partial charge in [-0.3, -0.25) is 24.6 Å². The monoisotopic (exact) mass is 520 g/mol. The number of nitrogens with zero attached hydrogens (tertiary/aromatic N) is 2. The average molecular weight is 521 g/mol. The van der Waals surface area contributed by atoms with Crippen LogP contribution in [0.2, 0.25) is 0 Å². The van der Waals surface area contributed by atoms with Crippen molar-refractivity contribution in [2.75, 3.05) is 20.3 Å². The summed E-state index contributed by atoms with van der Waals surface area (Å²) in [7, 11) is 1.50. The Kier molecular flexibility index (Phi) is 8.09. The molecule has 0 unspecified atom stereocenters. The minimum absolute atomic E-state index is 0.00823. The van der Waals surface area contributed by atoms with Crippen LogP contribution < -0.4 is 14.2 Å². The van der Waals surface area contributed by atoms with Gasteiger partial charge >= 0.3 is 0 Å². The number of imide groups is 1. The van der Waals surface area contributed by atoms with Crippen molar-refractivity contribution in [3.63, 3.8) is 0 Å². The van der Waals surface area contributed by atoms with Gasteiger partial charge in [0.15, 0.2) is 11.5 Å². The molecular formula is C27H24N2O7S. The summed E-state index contributed by atoms with van der Waals surface area (Å²) in [5.41, 5.74) is 2.55. The number of ether oxygens (including phenoxy) is 3. The molecule has 1 heterocycles. The van der Waals surface area contributed by atoms with Gasteiger partial charge in [0.25, 0.3) is 16.8 Å². The zero-order chi connectivity index (χ0) is 26.4. The Hall–Kier alpha value is -4.31. The lowest BCUT2D eigenvalue weighted by molar-refractivity contribution is -0.384. The number of rotatable bonds is 10. The van der Waals surface area contributed by atoms with Crippen LogP contribution in [-0.2, 0) is 11.4 Å². The predicted molar refractivity (Wildman–Crippen MR) is 140 cm³/mol. The molecule has 1 fully saturated rings. The van der Waals surface area contributed by atoms with E-state index in [1.54, 1.807) is 36.4 Å². The van der Waals surface area contributed by atoms with E-state index in [4.69, 9.17) is 14.2 Å². The molecule has 4 rings (SSSR count). The van der Waals surface area contributed by atoms with E-state index in [0.29, 0.717) is 27.7 Å². The molecule has 0 radical (unpaired) electrons. The Morgan fingerprint density at radius 1 is 0.973 bits per heavy atom. The fourth-order valence-electron chi connectivity index (χ4n) is 3.50. The first-order valence-electron chi connectivity index (χ1n) is 11.3. The highest BCUT2D eigenvalue weighted by molar-refractivity contribution is 8.18. The molecule has 2 amide bonds. The summed E-state index contributed by atoms with van der Waals surface area (Å²) in [5.74, 6) is 1.22. The normalized spacial score (nSPS) is 14.2. The Morgan fingerprint density at radius 2 is 1.70 bits per heavy atom. The SMILES string of the molecule is COc1cc(/C=C2\SC(=O)N(CCOc3ccc(C)cc3)C2=O)ccc1OCc1ccc([N+](=O)[O-])cc1. The van der Waals surface area contributed by atoms with Crippen LogP contribution >= 0.6 is 11.8 Å². The first-order chi connectivity index (χ1) is 17.8. The third kappa shape index (κ3) is 6.47. The van der Waals surface area contributed by atoms with Gasteiger partial charge in [-0.1, -0.05) is 23.8 Å². The second-order valence-corrected chi connectivity index (χ2v) is 9.11. The number of methoxy groups -OCH3 is 1. The molecule has 0 bridgehead atoms. The van der Waals surface area contributed by atoms with Crippen molar-refractivity contribution in [1.82, 2.24) is 4.90 Å². The van der Waals surface area contributed by atoms with E-state index < -0.39 is 4.92 Å². The largest absolute Gasteiger partial charge is 0.493 e. The molecule has 0 saturated carbocycles. The number of aryl methyl sites for hydroxylation is 1. The van der Waals surface area contributed by atoms with Crippen molar-refractivity contribution in [1.29, 1.82) is 0 Å². The molecule has 1 aliphatic heterocycles. The van der Waals surface area contributed by atoms with Gasteiger partial charge in [-0.2, -0.15) is 0 Å². The van der Waals surface area contributed by atoms with Gasteiger partial charge in [-0.25, -0.2) is 0 Å². The van der Waals surface area contributed by atoms with Crippen LogP contribution in [0.4, 0.5) is 10.5 Å². The van der Waals surface area contributed by atoms with E-state index in [0.717, 1.165) is 22.9 Å².